The standard InChI is InChI=1S/C48H52N4O.Pt/c1-10-11-13-16-36-26-39(52-35(6)47(34(5)50-52)37-17-14-12-15-18-37)29-41(27-36)53-40-20-21-42-43-28-38(32(3)33(4)48(7,8)9)19-22-44(43)51(45(42)30-40)46-25-31(2)23-24-49-46;/h12,14-15,17-28,32-33H,10-11,13,16H2,1-9H3;/q-2;+2. The molecule has 4 aromatic carbocycles. The van der Waals surface area contributed by atoms with E-state index in [1.54, 1.807) is 0 Å². The molecule has 6 heteroatoms. The van der Waals surface area contributed by atoms with Gasteiger partial charge < -0.3 is 9.30 Å². The molecule has 2 atom stereocenters. The van der Waals surface area contributed by atoms with E-state index in [0.29, 0.717) is 23.3 Å². The number of hydrogen-bond acceptors (Lipinski definition) is 3. The monoisotopic (exact) mass is 895 g/mol. The molecule has 0 spiro atoms. The Morgan fingerprint density at radius 2 is 1.59 bits per heavy atom. The van der Waals surface area contributed by atoms with Crippen molar-refractivity contribution < 1.29 is 25.8 Å². The summed E-state index contributed by atoms with van der Waals surface area (Å²) in [6.45, 7) is 20.3. The van der Waals surface area contributed by atoms with Crippen molar-refractivity contribution in [2.45, 2.75) is 93.9 Å². The predicted octanol–water partition coefficient (Wildman–Crippen LogP) is 12.9. The summed E-state index contributed by atoms with van der Waals surface area (Å²) in [5, 5.41) is 7.34. The van der Waals surface area contributed by atoms with Crippen molar-refractivity contribution >= 4 is 21.8 Å². The second kappa shape index (κ2) is 16.1. The SMILES string of the molecule is CCCCCc1cc(Oc2[c-]c3c(cc2)c2cc(C(C)C(C)C(C)(C)C)ccc2n3-c2cc(C)ccn2)[c-]c(-n2nc(C)c(-c3ccccc3)c2C)c1.[Pt+2]. The van der Waals surface area contributed by atoms with Gasteiger partial charge in [-0.15, -0.1) is 35.7 Å². The van der Waals surface area contributed by atoms with Crippen molar-refractivity contribution in [3.63, 3.8) is 0 Å². The molecule has 3 aromatic heterocycles. The van der Waals surface area contributed by atoms with Crippen LogP contribution in [0.1, 0.15) is 94.8 Å². The van der Waals surface area contributed by atoms with Crippen molar-refractivity contribution in [1.29, 1.82) is 0 Å². The quantitative estimate of drug-likeness (QED) is 0.0960. The fourth-order valence-electron chi connectivity index (χ4n) is 7.70. The number of aromatic nitrogens is 4. The zero-order valence-electron chi connectivity index (χ0n) is 33.2. The summed E-state index contributed by atoms with van der Waals surface area (Å²) in [6.07, 6.45) is 6.30. The van der Waals surface area contributed by atoms with E-state index in [9.17, 15) is 0 Å². The first kappa shape index (κ1) is 39.2. The second-order valence-corrected chi connectivity index (χ2v) is 16.0. The minimum Gasteiger partial charge on any atom is -0.509 e. The summed E-state index contributed by atoms with van der Waals surface area (Å²) in [5.41, 5.74) is 11.2. The summed E-state index contributed by atoms with van der Waals surface area (Å²) < 4.78 is 11.0. The Labute approximate surface area is 336 Å². The zero-order valence-corrected chi connectivity index (χ0v) is 35.4. The first-order valence-corrected chi connectivity index (χ1v) is 19.2. The maximum absolute atomic E-state index is 6.71. The number of pyridine rings is 1. The van der Waals surface area contributed by atoms with Gasteiger partial charge in [-0.3, -0.25) is 4.68 Å². The number of unbranched alkanes of at least 4 members (excludes halogenated alkanes) is 2. The number of aryl methyl sites for hydroxylation is 3. The summed E-state index contributed by atoms with van der Waals surface area (Å²) in [7, 11) is 0. The van der Waals surface area contributed by atoms with Gasteiger partial charge >= 0.3 is 21.1 Å². The Morgan fingerprint density at radius 1 is 0.815 bits per heavy atom. The van der Waals surface area contributed by atoms with Crippen molar-refractivity contribution in [2.75, 3.05) is 0 Å². The van der Waals surface area contributed by atoms with Gasteiger partial charge in [0.2, 0.25) is 0 Å². The van der Waals surface area contributed by atoms with E-state index in [0.717, 1.165) is 68.8 Å². The van der Waals surface area contributed by atoms with E-state index < -0.39 is 0 Å². The van der Waals surface area contributed by atoms with Gasteiger partial charge in [0.1, 0.15) is 5.82 Å². The van der Waals surface area contributed by atoms with Crippen LogP contribution in [-0.2, 0) is 27.5 Å². The van der Waals surface area contributed by atoms with E-state index in [4.69, 9.17) is 14.8 Å². The Kier molecular flexibility index (Phi) is 11.7. The van der Waals surface area contributed by atoms with Crippen LogP contribution in [0.15, 0.2) is 91.1 Å². The first-order chi connectivity index (χ1) is 25.4. The molecule has 0 saturated carbocycles. The minimum atomic E-state index is 0. The maximum atomic E-state index is 6.71. The third-order valence-corrected chi connectivity index (χ3v) is 11.2. The van der Waals surface area contributed by atoms with E-state index in [-0.39, 0.29) is 26.5 Å². The molecule has 0 N–H and O–H groups in total. The van der Waals surface area contributed by atoms with Gasteiger partial charge in [0.05, 0.1) is 5.69 Å². The average molecular weight is 896 g/mol. The fourth-order valence-corrected chi connectivity index (χ4v) is 7.70. The fraction of sp³-hybridized carbons (Fsp3) is 0.333. The number of hydrogen-bond donors (Lipinski definition) is 0. The molecule has 0 saturated heterocycles. The summed E-state index contributed by atoms with van der Waals surface area (Å²) in [6, 6.07) is 37.4. The van der Waals surface area contributed by atoms with Crippen LogP contribution in [0.25, 0.3) is 44.4 Å². The molecule has 7 aromatic rings. The van der Waals surface area contributed by atoms with Gasteiger partial charge in [0.25, 0.3) is 0 Å². The molecule has 2 unspecified atom stereocenters. The number of ether oxygens (including phenoxy) is 1. The van der Waals surface area contributed by atoms with Crippen LogP contribution >= 0.6 is 0 Å². The molecule has 280 valence electrons. The smallest absolute Gasteiger partial charge is 0.509 e. The third kappa shape index (κ3) is 7.84. The minimum absolute atomic E-state index is 0. The third-order valence-electron chi connectivity index (χ3n) is 11.2. The normalized spacial score (nSPS) is 12.9. The van der Waals surface area contributed by atoms with Crippen LogP contribution in [0.2, 0.25) is 0 Å². The Morgan fingerprint density at radius 3 is 2.31 bits per heavy atom. The molecule has 54 heavy (non-hydrogen) atoms. The van der Waals surface area contributed by atoms with Gasteiger partial charge in [-0.1, -0.05) is 115 Å². The topological polar surface area (TPSA) is 44.9 Å². The van der Waals surface area contributed by atoms with E-state index in [2.05, 4.69) is 146 Å². The number of rotatable bonds is 11. The first-order valence-electron chi connectivity index (χ1n) is 19.2. The van der Waals surface area contributed by atoms with Crippen molar-refractivity contribution in [2.24, 2.45) is 11.3 Å². The maximum Gasteiger partial charge on any atom is 2.00 e. The molecule has 0 fully saturated rings. The van der Waals surface area contributed by atoms with E-state index in [1.165, 1.54) is 29.4 Å². The zero-order chi connectivity index (χ0) is 37.4. The summed E-state index contributed by atoms with van der Waals surface area (Å²) in [5.74, 6) is 3.07. The molecule has 5 nitrogen and oxygen atoms in total. The molecule has 7 rings (SSSR count). The van der Waals surface area contributed by atoms with Gasteiger partial charge in [-0.2, -0.15) is 16.7 Å². The van der Waals surface area contributed by atoms with Crippen LogP contribution < -0.4 is 4.74 Å². The van der Waals surface area contributed by atoms with Gasteiger partial charge in [0.15, 0.2) is 0 Å². The van der Waals surface area contributed by atoms with E-state index in [1.807, 2.05) is 29.1 Å². The second-order valence-electron chi connectivity index (χ2n) is 16.0. The number of benzene rings is 4. The van der Waals surface area contributed by atoms with Gasteiger partial charge in [-0.25, -0.2) is 4.98 Å². The molecule has 0 amide bonds. The van der Waals surface area contributed by atoms with Crippen molar-refractivity contribution in [3.05, 3.63) is 131 Å². The van der Waals surface area contributed by atoms with Crippen LogP contribution in [0.3, 0.4) is 0 Å². The molecule has 0 aliphatic rings. The molecule has 0 aliphatic heterocycles. The van der Waals surface area contributed by atoms with Crippen LogP contribution in [-0.4, -0.2) is 19.3 Å². The van der Waals surface area contributed by atoms with Crippen LogP contribution in [0, 0.1) is 44.2 Å². The number of nitrogens with zero attached hydrogens (tertiary/aromatic N) is 4. The Balaban J connectivity index is 0.00000497. The average Bonchev–Trinajstić information content (AvgIpc) is 3.62. The predicted molar refractivity (Wildman–Crippen MR) is 220 cm³/mol. The Hall–Kier alpha value is -4.47. The van der Waals surface area contributed by atoms with Crippen LogP contribution in [0.5, 0.6) is 11.5 Å². The number of fused-ring (bicyclic) bond motifs is 3. The largest absolute Gasteiger partial charge is 2.00 e. The van der Waals surface area contributed by atoms with Gasteiger partial charge in [0, 0.05) is 34.5 Å². The molecule has 3 heterocycles. The molecular weight excluding hydrogens is 844 g/mol. The molecule has 0 radical (unpaired) electrons. The molecular formula is C48H52N4OPt. The van der Waals surface area contributed by atoms with Crippen molar-refractivity contribution in [1.82, 2.24) is 19.3 Å². The van der Waals surface area contributed by atoms with Crippen molar-refractivity contribution in [3.8, 4) is 34.1 Å². The molecule has 0 bridgehead atoms. The van der Waals surface area contributed by atoms with Crippen LogP contribution in [0.4, 0.5) is 0 Å². The van der Waals surface area contributed by atoms with E-state index >= 15 is 0 Å². The summed E-state index contributed by atoms with van der Waals surface area (Å²) >= 11 is 0. The van der Waals surface area contributed by atoms with Gasteiger partial charge in [-0.05, 0) is 84.0 Å². The Bertz CT molecular complexity index is 2400. The molecule has 0 aliphatic carbocycles. The summed E-state index contributed by atoms with van der Waals surface area (Å²) in [4.78, 5) is 4.83.